The van der Waals surface area contributed by atoms with Gasteiger partial charge in [-0.2, -0.15) is 0 Å². The van der Waals surface area contributed by atoms with Crippen LogP contribution in [0.25, 0.3) is 0 Å². The molecular formula is C25H36O3. The van der Waals surface area contributed by atoms with Gasteiger partial charge < -0.3 is 4.74 Å². The predicted octanol–water partition coefficient (Wildman–Crippen LogP) is 5.64. The molecule has 0 aromatic rings. The first-order valence-corrected chi connectivity index (χ1v) is 11.6. The number of esters is 1. The van der Waals surface area contributed by atoms with Crippen LogP contribution in [0, 0.1) is 35.5 Å². The molecule has 2 fully saturated rings. The molecule has 3 nitrogen and oxygen atoms in total. The lowest BCUT2D eigenvalue weighted by Gasteiger charge is -2.37. The standard InChI is InChI=1S/C25H36O3/c1-4-17-9-6-5-8-15(2)25(27)23-13-21-19-11-7-10-18(19)16(3)12-20(21)22(23)14-24(26)28-17/h12-13,15,17-22H,4-11,14H2,1-3H3/t15-,17+,18?,19-,20-,21+,22+/m1/s1. The Labute approximate surface area is 170 Å². The maximum atomic E-state index is 13.3. The van der Waals surface area contributed by atoms with Crippen LogP contribution in [0.2, 0.25) is 0 Å². The minimum atomic E-state index is -0.107. The Morgan fingerprint density at radius 1 is 0.964 bits per heavy atom. The van der Waals surface area contributed by atoms with Crippen LogP contribution in [0.3, 0.4) is 0 Å². The van der Waals surface area contributed by atoms with E-state index >= 15 is 0 Å². The number of rotatable bonds is 1. The average molecular weight is 385 g/mol. The lowest BCUT2D eigenvalue weighted by Crippen LogP contribution is -2.32. The summed E-state index contributed by atoms with van der Waals surface area (Å²) in [7, 11) is 0. The van der Waals surface area contributed by atoms with Crippen molar-refractivity contribution >= 4 is 11.8 Å². The second-order valence-electron chi connectivity index (χ2n) is 9.77. The summed E-state index contributed by atoms with van der Waals surface area (Å²) >= 11 is 0. The first-order valence-electron chi connectivity index (χ1n) is 11.6. The van der Waals surface area contributed by atoms with Crippen LogP contribution in [-0.4, -0.2) is 17.9 Å². The van der Waals surface area contributed by atoms with Crippen LogP contribution in [-0.2, 0) is 14.3 Å². The van der Waals surface area contributed by atoms with E-state index in [9.17, 15) is 9.59 Å². The third kappa shape index (κ3) is 3.62. The van der Waals surface area contributed by atoms with Crippen molar-refractivity contribution in [3.05, 3.63) is 23.3 Å². The Kier molecular flexibility index (Phi) is 5.81. The van der Waals surface area contributed by atoms with E-state index in [0.29, 0.717) is 35.9 Å². The number of fused-ring (bicyclic) bond motifs is 5. The molecule has 7 atom stereocenters. The Balaban J connectivity index is 1.66. The van der Waals surface area contributed by atoms with E-state index in [2.05, 4.69) is 32.9 Å². The van der Waals surface area contributed by atoms with Crippen LogP contribution in [0.4, 0.5) is 0 Å². The van der Waals surface area contributed by atoms with Gasteiger partial charge in [-0.1, -0.05) is 44.4 Å². The quantitative estimate of drug-likeness (QED) is 0.434. The van der Waals surface area contributed by atoms with Crippen molar-refractivity contribution < 1.29 is 14.3 Å². The van der Waals surface area contributed by atoms with E-state index < -0.39 is 0 Å². The first-order chi connectivity index (χ1) is 13.5. The summed E-state index contributed by atoms with van der Waals surface area (Å²) in [5, 5.41) is 0. The summed E-state index contributed by atoms with van der Waals surface area (Å²) in [6, 6.07) is 0. The number of hydrogen-bond acceptors (Lipinski definition) is 3. The van der Waals surface area contributed by atoms with Gasteiger partial charge in [-0.05, 0) is 74.7 Å². The largest absolute Gasteiger partial charge is 0.462 e. The molecule has 0 bridgehead atoms. The normalized spacial score (nSPS) is 41.6. The molecule has 0 spiro atoms. The molecule has 1 aliphatic heterocycles. The fourth-order valence-electron chi connectivity index (χ4n) is 6.50. The van der Waals surface area contributed by atoms with Gasteiger partial charge in [-0.15, -0.1) is 0 Å². The molecule has 3 heteroatoms. The minimum absolute atomic E-state index is 0.0147. The monoisotopic (exact) mass is 384 g/mol. The van der Waals surface area contributed by atoms with Crippen molar-refractivity contribution in [1.82, 2.24) is 0 Å². The molecule has 1 unspecified atom stereocenters. The molecule has 3 aliphatic carbocycles. The van der Waals surface area contributed by atoms with Crippen molar-refractivity contribution in [3.63, 3.8) is 0 Å². The fraction of sp³-hybridized carbons (Fsp3) is 0.760. The summed E-state index contributed by atoms with van der Waals surface area (Å²) in [6.45, 7) is 6.45. The third-order valence-electron chi connectivity index (χ3n) is 8.07. The fourth-order valence-corrected chi connectivity index (χ4v) is 6.50. The van der Waals surface area contributed by atoms with Crippen LogP contribution in [0.5, 0.6) is 0 Å². The lowest BCUT2D eigenvalue weighted by molar-refractivity contribution is -0.150. The number of ether oxygens (including phenoxy) is 1. The number of carbonyl (C=O) groups excluding carboxylic acids is 2. The van der Waals surface area contributed by atoms with Gasteiger partial charge in [0.2, 0.25) is 0 Å². The highest BCUT2D eigenvalue weighted by molar-refractivity contribution is 5.98. The van der Waals surface area contributed by atoms with Crippen LogP contribution in [0.1, 0.15) is 78.6 Å². The smallest absolute Gasteiger partial charge is 0.306 e. The predicted molar refractivity (Wildman–Crippen MR) is 111 cm³/mol. The summed E-state index contributed by atoms with van der Waals surface area (Å²) in [6.07, 6.45) is 13.8. The second-order valence-corrected chi connectivity index (χ2v) is 9.77. The molecule has 1 saturated carbocycles. The highest BCUT2D eigenvalue weighted by Gasteiger charge is 2.49. The van der Waals surface area contributed by atoms with Crippen molar-refractivity contribution in [2.75, 3.05) is 0 Å². The van der Waals surface area contributed by atoms with Crippen molar-refractivity contribution in [2.45, 2.75) is 84.7 Å². The van der Waals surface area contributed by atoms with E-state index in [1.807, 2.05) is 0 Å². The SMILES string of the molecule is CC[C@H]1CCCC[C@@H](C)C(=O)C2=C[C@@H]3[C@@H](C=C(C)C4CCC[C@H]43)[C@@H]2CC(=O)O1. The van der Waals surface area contributed by atoms with Crippen LogP contribution in [0.15, 0.2) is 23.3 Å². The molecule has 4 aliphatic rings. The van der Waals surface area contributed by atoms with Gasteiger partial charge in [0.15, 0.2) is 5.78 Å². The summed E-state index contributed by atoms with van der Waals surface area (Å²) in [5.41, 5.74) is 2.44. The van der Waals surface area contributed by atoms with Crippen molar-refractivity contribution in [2.24, 2.45) is 35.5 Å². The minimum Gasteiger partial charge on any atom is -0.462 e. The summed E-state index contributed by atoms with van der Waals surface area (Å²) in [4.78, 5) is 26.1. The number of cyclic esters (lactones) is 1. The molecule has 1 saturated heterocycles. The van der Waals surface area contributed by atoms with Crippen molar-refractivity contribution in [1.29, 1.82) is 0 Å². The maximum absolute atomic E-state index is 13.3. The van der Waals surface area contributed by atoms with Gasteiger partial charge in [0, 0.05) is 11.8 Å². The van der Waals surface area contributed by atoms with Gasteiger partial charge in [0.05, 0.1) is 6.42 Å². The third-order valence-corrected chi connectivity index (χ3v) is 8.07. The molecule has 154 valence electrons. The Bertz CT molecular complexity index is 688. The van der Waals surface area contributed by atoms with E-state index in [1.165, 1.54) is 24.8 Å². The van der Waals surface area contributed by atoms with Crippen LogP contribution < -0.4 is 0 Å². The zero-order valence-electron chi connectivity index (χ0n) is 17.8. The van der Waals surface area contributed by atoms with Crippen LogP contribution >= 0.6 is 0 Å². The zero-order valence-corrected chi connectivity index (χ0v) is 17.8. The number of carbonyl (C=O) groups is 2. The van der Waals surface area contributed by atoms with E-state index in [4.69, 9.17) is 4.74 Å². The van der Waals surface area contributed by atoms with Crippen molar-refractivity contribution in [3.8, 4) is 0 Å². The topological polar surface area (TPSA) is 43.4 Å². The summed E-state index contributed by atoms with van der Waals surface area (Å²) in [5.74, 6) is 2.35. The lowest BCUT2D eigenvalue weighted by atomic mass is 9.67. The first kappa shape index (κ1) is 19.9. The average Bonchev–Trinajstić information content (AvgIpc) is 3.29. The molecule has 0 amide bonds. The second kappa shape index (κ2) is 8.16. The molecule has 0 aromatic heterocycles. The molecule has 28 heavy (non-hydrogen) atoms. The van der Waals surface area contributed by atoms with Gasteiger partial charge >= 0.3 is 5.97 Å². The van der Waals surface area contributed by atoms with Gasteiger partial charge in [-0.3, -0.25) is 9.59 Å². The number of ketones is 1. The number of allylic oxidation sites excluding steroid dienone is 4. The number of Topliss-reactive ketones (excluding diaryl/α,β-unsaturated/α-hetero) is 1. The maximum Gasteiger partial charge on any atom is 0.306 e. The molecule has 0 N–H and O–H groups in total. The molecule has 1 heterocycles. The van der Waals surface area contributed by atoms with Gasteiger partial charge in [0.1, 0.15) is 6.10 Å². The summed E-state index contributed by atoms with van der Waals surface area (Å²) < 4.78 is 5.84. The van der Waals surface area contributed by atoms with E-state index in [1.54, 1.807) is 0 Å². The molecule has 4 rings (SSSR count). The molecular weight excluding hydrogens is 348 g/mol. The van der Waals surface area contributed by atoms with E-state index in [-0.39, 0.29) is 23.9 Å². The Morgan fingerprint density at radius 2 is 1.75 bits per heavy atom. The Morgan fingerprint density at radius 3 is 2.54 bits per heavy atom. The highest BCUT2D eigenvalue weighted by Crippen LogP contribution is 2.55. The Hall–Kier alpha value is -1.38. The van der Waals surface area contributed by atoms with Gasteiger partial charge in [0.25, 0.3) is 0 Å². The van der Waals surface area contributed by atoms with E-state index in [0.717, 1.165) is 37.7 Å². The highest BCUT2D eigenvalue weighted by atomic mass is 16.5. The number of hydrogen-bond donors (Lipinski definition) is 0. The van der Waals surface area contributed by atoms with Gasteiger partial charge in [-0.25, -0.2) is 0 Å². The molecule has 0 radical (unpaired) electrons. The zero-order chi connectivity index (χ0) is 19.8. The molecule has 0 aromatic carbocycles.